The lowest BCUT2D eigenvalue weighted by molar-refractivity contribution is -0.126. The van der Waals surface area contributed by atoms with Crippen molar-refractivity contribution in [1.29, 1.82) is 0 Å². The summed E-state index contributed by atoms with van der Waals surface area (Å²) < 4.78 is 5.28. The van der Waals surface area contributed by atoms with E-state index in [4.69, 9.17) is 4.74 Å². The summed E-state index contributed by atoms with van der Waals surface area (Å²) in [6.07, 6.45) is 0.700. The van der Waals surface area contributed by atoms with Crippen LogP contribution in [0.2, 0.25) is 0 Å². The van der Waals surface area contributed by atoms with E-state index in [-0.39, 0.29) is 22.2 Å². The number of hydrogen-bond donors (Lipinski definition) is 2. The molecule has 3 amide bonds. The van der Waals surface area contributed by atoms with Crippen molar-refractivity contribution in [2.24, 2.45) is 5.41 Å². The number of anilines is 1. The van der Waals surface area contributed by atoms with Crippen molar-refractivity contribution in [3.05, 3.63) is 15.8 Å². The first-order valence-electron chi connectivity index (χ1n) is 10.5. The van der Waals surface area contributed by atoms with Gasteiger partial charge in [-0.05, 0) is 39.7 Å². The summed E-state index contributed by atoms with van der Waals surface area (Å²) >= 11 is 1.04. The van der Waals surface area contributed by atoms with E-state index in [2.05, 4.69) is 17.2 Å². The highest BCUT2D eigenvalue weighted by Crippen LogP contribution is 2.33. The fraction of sp³-hybridized carbons (Fsp3) is 0.545. The van der Waals surface area contributed by atoms with E-state index in [1.165, 1.54) is 9.80 Å². The lowest BCUT2D eigenvalue weighted by atomic mass is 9.98. The third-order valence-electron chi connectivity index (χ3n) is 5.22. The summed E-state index contributed by atoms with van der Waals surface area (Å²) in [5, 5.41) is 12.3. The van der Waals surface area contributed by atoms with Gasteiger partial charge in [0.2, 0.25) is 6.41 Å². The van der Waals surface area contributed by atoms with Gasteiger partial charge in [0.1, 0.15) is 4.88 Å². The first kappa shape index (κ1) is 23.6. The number of amides is 3. The van der Waals surface area contributed by atoms with E-state index < -0.39 is 18.2 Å². The zero-order valence-electron chi connectivity index (χ0n) is 18.3. The number of ether oxygens (including phenoxy) is 1. The molecule has 3 heterocycles. The Hall–Kier alpha value is -3.06. The van der Waals surface area contributed by atoms with Crippen LogP contribution in [0.15, 0.2) is 6.07 Å². The molecule has 2 fully saturated rings. The van der Waals surface area contributed by atoms with E-state index in [9.17, 15) is 24.3 Å². The molecule has 0 bridgehead atoms. The van der Waals surface area contributed by atoms with E-state index in [0.717, 1.165) is 11.3 Å². The van der Waals surface area contributed by atoms with Crippen LogP contribution in [0, 0.1) is 17.3 Å². The molecule has 10 heteroatoms. The summed E-state index contributed by atoms with van der Waals surface area (Å²) in [5.41, 5.74) is 0.0813. The van der Waals surface area contributed by atoms with Gasteiger partial charge in [-0.1, -0.05) is 11.8 Å². The smallest absolute Gasteiger partial charge is 0.410 e. The molecule has 0 saturated carbocycles. The van der Waals surface area contributed by atoms with Crippen LogP contribution in [0.25, 0.3) is 0 Å². The molecule has 3 rings (SSSR count). The molecule has 0 radical (unpaired) electrons. The Morgan fingerprint density at radius 1 is 1.31 bits per heavy atom. The van der Waals surface area contributed by atoms with Gasteiger partial charge >= 0.3 is 12.1 Å². The highest BCUT2D eigenvalue weighted by molar-refractivity contribution is 7.15. The number of carbonyl (C=O) groups is 4. The van der Waals surface area contributed by atoms with Crippen molar-refractivity contribution >= 4 is 41.4 Å². The van der Waals surface area contributed by atoms with Crippen molar-refractivity contribution in [3.63, 3.8) is 0 Å². The maximum Gasteiger partial charge on any atom is 0.410 e. The third-order valence-corrected chi connectivity index (χ3v) is 6.24. The van der Waals surface area contributed by atoms with Crippen molar-refractivity contribution in [2.45, 2.75) is 52.2 Å². The Morgan fingerprint density at radius 3 is 2.53 bits per heavy atom. The third kappa shape index (κ3) is 5.59. The van der Waals surface area contributed by atoms with Gasteiger partial charge in [-0.2, -0.15) is 0 Å². The highest BCUT2D eigenvalue weighted by atomic mass is 32.1. The number of hydrogen-bond acceptors (Lipinski definition) is 6. The number of carboxylic acid groups (broad SMARTS) is 1. The number of nitrogens with zero attached hydrogens (tertiary/aromatic N) is 2. The van der Waals surface area contributed by atoms with E-state index in [1.807, 2.05) is 20.8 Å². The fourth-order valence-electron chi connectivity index (χ4n) is 3.58. The minimum absolute atomic E-state index is 0.0596. The molecule has 0 unspecified atom stereocenters. The van der Waals surface area contributed by atoms with Gasteiger partial charge in [-0.3, -0.25) is 9.59 Å². The van der Waals surface area contributed by atoms with Crippen LogP contribution in [0.4, 0.5) is 10.5 Å². The molecule has 1 aromatic rings. The van der Waals surface area contributed by atoms with Gasteiger partial charge in [-0.15, -0.1) is 11.3 Å². The SMILES string of the molecule is CC(C)(C)C#Cc1cc(N(C=O)C2CCN(C(=O)O[C@H]3CCNC3=O)CC2)c(C(=O)O)s1. The molecule has 9 nitrogen and oxygen atoms in total. The normalized spacial score (nSPS) is 19.0. The fourth-order valence-corrected chi connectivity index (χ4v) is 4.43. The second-order valence-electron chi connectivity index (χ2n) is 8.81. The molecule has 2 saturated heterocycles. The highest BCUT2D eigenvalue weighted by Gasteiger charge is 2.33. The average Bonchev–Trinajstić information content (AvgIpc) is 3.34. The van der Waals surface area contributed by atoms with Crippen LogP contribution >= 0.6 is 11.3 Å². The van der Waals surface area contributed by atoms with Crippen molar-refractivity contribution in [3.8, 4) is 11.8 Å². The summed E-state index contributed by atoms with van der Waals surface area (Å²) in [4.78, 5) is 51.3. The Labute approximate surface area is 190 Å². The number of carbonyl (C=O) groups excluding carboxylic acids is 3. The second-order valence-corrected chi connectivity index (χ2v) is 9.87. The van der Waals surface area contributed by atoms with Gasteiger partial charge in [0.25, 0.3) is 5.91 Å². The molecular formula is C22H27N3O6S. The van der Waals surface area contributed by atoms with E-state index in [1.54, 1.807) is 6.07 Å². The predicted octanol–water partition coefficient (Wildman–Crippen LogP) is 2.30. The molecule has 32 heavy (non-hydrogen) atoms. The number of piperidine rings is 1. The van der Waals surface area contributed by atoms with Gasteiger partial charge in [-0.25, -0.2) is 9.59 Å². The zero-order chi connectivity index (χ0) is 23.5. The minimum atomic E-state index is -1.11. The summed E-state index contributed by atoms with van der Waals surface area (Å²) in [6.45, 7) is 7.05. The topological polar surface area (TPSA) is 116 Å². The maximum absolute atomic E-state index is 12.4. The molecule has 0 spiro atoms. The number of thiophene rings is 1. The second kappa shape index (κ2) is 9.61. The molecule has 172 valence electrons. The van der Waals surface area contributed by atoms with Gasteiger partial charge in [0, 0.05) is 37.5 Å². The number of aromatic carboxylic acids is 1. The standard InChI is InChI=1S/C22H27N3O6S/c1-22(2,3)8-4-15-12-16(18(32-15)20(28)29)25(13-26)14-6-10-24(11-7-14)21(30)31-17-5-9-23-19(17)27/h12-14,17H,5-7,9-11H2,1-3H3,(H,23,27)(H,28,29)/t17-/m0/s1. The van der Waals surface area contributed by atoms with Crippen molar-refractivity contribution in [1.82, 2.24) is 10.2 Å². The first-order chi connectivity index (χ1) is 15.1. The largest absolute Gasteiger partial charge is 0.477 e. The molecule has 2 aliphatic rings. The summed E-state index contributed by atoms with van der Waals surface area (Å²) in [5.74, 6) is 4.68. The van der Waals surface area contributed by atoms with Gasteiger partial charge < -0.3 is 25.0 Å². The van der Waals surface area contributed by atoms with Crippen LogP contribution < -0.4 is 10.2 Å². The molecular weight excluding hydrogens is 434 g/mol. The Kier molecular flexibility index (Phi) is 7.09. The predicted molar refractivity (Wildman–Crippen MR) is 119 cm³/mol. The summed E-state index contributed by atoms with van der Waals surface area (Å²) in [6, 6.07) is 1.38. The average molecular weight is 462 g/mol. The van der Waals surface area contributed by atoms with Crippen LogP contribution in [-0.2, 0) is 14.3 Å². The van der Waals surface area contributed by atoms with Crippen LogP contribution in [0.1, 0.15) is 54.6 Å². The molecule has 0 aromatic carbocycles. The molecule has 2 N–H and O–H groups in total. The molecule has 2 aliphatic heterocycles. The van der Waals surface area contributed by atoms with Gasteiger partial charge in [0.15, 0.2) is 6.10 Å². The summed E-state index contributed by atoms with van der Waals surface area (Å²) in [7, 11) is 0. The minimum Gasteiger partial charge on any atom is -0.477 e. The first-order valence-corrected chi connectivity index (χ1v) is 11.3. The monoisotopic (exact) mass is 461 g/mol. The molecule has 1 aromatic heterocycles. The number of likely N-dealkylation sites (tertiary alicyclic amines) is 1. The van der Waals surface area contributed by atoms with Crippen LogP contribution in [0.3, 0.4) is 0 Å². The number of carboxylic acids is 1. The van der Waals surface area contributed by atoms with Crippen molar-refractivity contribution < 1.29 is 29.0 Å². The molecule has 1 atom stereocenters. The lowest BCUT2D eigenvalue weighted by Gasteiger charge is -2.36. The Balaban J connectivity index is 1.70. The van der Waals surface area contributed by atoms with Crippen LogP contribution in [0.5, 0.6) is 0 Å². The quantitative estimate of drug-likeness (QED) is 0.513. The Morgan fingerprint density at radius 2 is 2.00 bits per heavy atom. The van der Waals surface area contributed by atoms with E-state index in [0.29, 0.717) is 55.9 Å². The zero-order valence-corrected chi connectivity index (χ0v) is 19.2. The van der Waals surface area contributed by atoms with Gasteiger partial charge in [0.05, 0.1) is 10.6 Å². The van der Waals surface area contributed by atoms with Crippen LogP contribution in [-0.4, -0.2) is 66.2 Å². The number of nitrogens with one attached hydrogen (secondary N) is 1. The molecule has 0 aliphatic carbocycles. The van der Waals surface area contributed by atoms with E-state index >= 15 is 0 Å². The van der Waals surface area contributed by atoms with Crippen molar-refractivity contribution in [2.75, 3.05) is 24.5 Å². The number of rotatable bonds is 5. The Bertz CT molecular complexity index is 963. The maximum atomic E-state index is 12.4. The lowest BCUT2D eigenvalue weighted by Crippen LogP contribution is -2.47.